The molecular weight excluding hydrogens is 424 g/mol. The van der Waals surface area contributed by atoms with Gasteiger partial charge in [-0.05, 0) is 43.8 Å². The molecular formula is C21H22N2O7S. The maximum absolute atomic E-state index is 11.6. The van der Waals surface area contributed by atoms with Crippen LogP contribution >= 0.6 is 12.2 Å². The third kappa shape index (κ3) is 3.23. The van der Waals surface area contributed by atoms with E-state index in [4.69, 9.17) is 30.8 Å². The maximum atomic E-state index is 11.6. The van der Waals surface area contributed by atoms with Crippen LogP contribution < -0.4 is 4.74 Å². The number of ether oxygens (including phenoxy) is 3. The van der Waals surface area contributed by atoms with E-state index >= 15 is 0 Å². The summed E-state index contributed by atoms with van der Waals surface area (Å²) >= 11 is 5.51. The van der Waals surface area contributed by atoms with Crippen molar-refractivity contribution in [2.24, 2.45) is 0 Å². The molecule has 10 heteroatoms. The molecule has 3 atom stereocenters. The van der Waals surface area contributed by atoms with Crippen LogP contribution in [0, 0.1) is 21.9 Å². The van der Waals surface area contributed by atoms with Gasteiger partial charge in [0.05, 0.1) is 16.5 Å². The fraction of sp³-hybridized carbons (Fsp3) is 0.381. The van der Waals surface area contributed by atoms with E-state index in [-0.39, 0.29) is 10.5 Å². The molecule has 0 aliphatic carbocycles. The highest BCUT2D eigenvalue weighted by molar-refractivity contribution is 7.71. The molecule has 0 bridgehead atoms. The van der Waals surface area contributed by atoms with Crippen LogP contribution in [-0.4, -0.2) is 46.8 Å². The van der Waals surface area contributed by atoms with Gasteiger partial charge < -0.3 is 23.7 Å². The van der Waals surface area contributed by atoms with Gasteiger partial charge in [-0.15, -0.1) is 0 Å². The molecule has 0 unspecified atom stereocenters. The fourth-order valence-electron chi connectivity index (χ4n) is 4.30. The smallest absolute Gasteiger partial charge is 0.270 e. The van der Waals surface area contributed by atoms with Gasteiger partial charge in [0.25, 0.3) is 10.5 Å². The summed E-state index contributed by atoms with van der Waals surface area (Å²) in [5.41, 5.74) is 1.04. The Morgan fingerprint density at radius 2 is 2.00 bits per heavy atom. The Labute approximate surface area is 182 Å². The summed E-state index contributed by atoms with van der Waals surface area (Å²) < 4.78 is 24.4. The van der Waals surface area contributed by atoms with Gasteiger partial charge in [0.15, 0.2) is 17.5 Å². The number of nitrogens with zero attached hydrogens (tertiary/aromatic N) is 2. The van der Waals surface area contributed by atoms with Crippen LogP contribution in [0.15, 0.2) is 40.8 Å². The average molecular weight is 446 g/mol. The first-order valence-corrected chi connectivity index (χ1v) is 9.95. The normalized spacial score (nSPS) is 23.0. The van der Waals surface area contributed by atoms with Gasteiger partial charge in [0, 0.05) is 31.9 Å². The van der Waals surface area contributed by atoms with Crippen LogP contribution in [0.2, 0.25) is 0 Å². The van der Waals surface area contributed by atoms with Gasteiger partial charge >= 0.3 is 0 Å². The Bertz CT molecular complexity index is 1220. The fourth-order valence-corrected chi connectivity index (χ4v) is 4.59. The highest BCUT2D eigenvalue weighted by atomic mass is 32.1. The number of methoxy groups -OCH3 is 2. The van der Waals surface area contributed by atoms with E-state index in [1.807, 2.05) is 19.1 Å². The molecule has 0 saturated heterocycles. The molecule has 4 rings (SSSR count). The minimum atomic E-state index is -1.35. The summed E-state index contributed by atoms with van der Waals surface area (Å²) in [6, 6.07) is 8.91. The molecule has 0 fully saturated rings. The van der Waals surface area contributed by atoms with E-state index in [9.17, 15) is 15.2 Å². The van der Waals surface area contributed by atoms with Gasteiger partial charge in [-0.1, -0.05) is 12.1 Å². The standard InChI is InChI=1S/C21H22N2O7S/c1-11-6-5-7-15-16(11)22(20(31)29-15)17-13-10-12(23(25)26)8-9-14(13)30-21(2,18(17)24)19(27-3)28-4/h5-10,17-19,24H,1-4H3/t17-,18+,21+/m0/s1. The van der Waals surface area contributed by atoms with Gasteiger partial charge in [-0.2, -0.15) is 0 Å². The maximum Gasteiger partial charge on any atom is 0.270 e. The van der Waals surface area contributed by atoms with E-state index in [1.165, 1.54) is 32.4 Å². The number of non-ortho nitro benzene ring substituents is 1. The Balaban J connectivity index is 2.04. The number of hydrogen-bond acceptors (Lipinski definition) is 8. The molecule has 1 aliphatic rings. The topological polar surface area (TPSA) is 109 Å². The van der Waals surface area contributed by atoms with Gasteiger partial charge in [0.2, 0.25) is 0 Å². The summed E-state index contributed by atoms with van der Waals surface area (Å²) in [6.07, 6.45) is -2.18. The largest absolute Gasteiger partial charge is 0.479 e. The van der Waals surface area contributed by atoms with Crippen LogP contribution in [0.4, 0.5) is 5.69 Å². The number of fused-ring (bicyclic) bond motifs is 2. The molecule has 1 aromatic heterocycles. The van der Waals surface area contributed by atoms with Crippen molar-refractivity contribution < 1.29 is 28.7 Å². The molecule has 2 aromatic carbocycles. The van der Waals surface area contributed by atoms with E-state index < -0.39 is 29.0 Å². The average Bonchev–Trinajstić information content (AvgIpc) is 3.06. The summed E-state index contributed by atoms with van der Waals surface area (Å²) in [4.78, 5) is 11.1. The number of nitro groups is 1. The van der Waals surface area contributed by atoms with Crippen LogP contribution in [0.25, 0.3) is 11.1 Å². The predicted molar refractivity (Wildman–Crippen MR) is 114 cm³/mol. The van der Waals surface area contributed by atoms with Crippen LogP contribution in [0.3, 0.4) is 0 Å². The lowest BCUT2D eigenvalue weighted by Crippen LogP contribution is -2.60. The molecule has 1 aliphatic heterocycles. The number of hydrogen-bond donors (Lipinski definition) is 1. The van der Waals surface area contributed by atoms with Crippen LogP contribution in [0.5, 0.6) is 5.75 Å². The second-order valence-corrected chi connectivity index (χ2v) is 7.97. The van der Waals surface area contributed by atoms with E-state index in [0.717, 1.165) is 5.56 Å². The zero-order valence-corrected chi connectivity index (χ0v) is 18.2. The molecule has 0 saturated carbocycles. The first-order chi connectivity index (χ1) is 14.7. The molecule has 2 heterocycles. The Morgan fingerprint density at radius 3 is 2.65 bits per heavy atom. The molecule has 0 radical (unpaired) electrons. The molecule has 164 valence electrons. The van der Waals surface area contributed by atoms with E-state index in [1.54, 1.807) is 17.6 Å². The van der Waals surface area contributed by atoms with Crippen LogP contribution in [0.1, 0.15) is 24.1 Å². The number of nitro benzene ring substituents is 1. The highest BCUT2D eigenvalue weighted by Gasteiger charge is 2.53. The molecule has 31 heavy (non-hydrogen) atoms. The third-order valence-electron chi connectivity index (χ3n) is 5.75. The van der Waals surface area contributed by atoms with E-state index in [0.29, 0.717) is 22.4 Å². The van der Waals surface area contributed by atoms with Gasteiger partial charge in [-0.25, -0.2) is 0 Å². The molecule has 9 nitrogen and oxygen atoms in total. The van der Waals surface area contributed by atoms with Gasteiger partial charge in [-0.3, -0.25) is 14.7 Å². The number of aliphatic hydroxyl groups excluding tert-OH is 1. The first-order valence-electron chi connectivity index (χ1n) is 9.54. The minimum absolute atomic E-state index is 0.126. The Morgan fingerprint density at radius 1 is 1.29 bits per heavy atom. The summed E-state index contributed by atoms with van der Waals surface area (Å²) in [5.74, 6) is 0.354. The Hall–Kier alpha value is -2.79. The lowest BCUT2D eigenvalue weighted by atomic mass is 9.84. The van der Waals surface area contributed by atoms with Gasteiger partial charge in [0.1, 0.15) is 11.9 Å². The van der Waals surface area contributed by atoms with Crippen molar-refractivity contribution in [3.8, 4) is 5.75 Å². The second-order valence-electron chi connectivity index (χ2n) is 7.62. The van der Waals surface area contributed by atoms with Crippen molar-refractivity contribution in [2.75, 3.05) is 14.2 Å². The predicted octanol–water partition coefficient (Wildman–Crippen LogP) is 3.90. The summed E-state index contributed by atoms with van der Waals surface area (Å²) in [6.45, 7) is 3.56. The number of aliphatic hydroxyl groups is 1. The van der Waals surface area contributed by atoms with Crippen molar-refractivity contribution in [2.45, 2.75) is 37.9 Å². The van der Waals surface area contributed by atoms with Crippen molar-refractivity contribution in [1.29, 1.82) is 0 Å². The lowest BCUT2D eigenvalue weighted by Gasteiger charge is -2.46. The second kappa shape index (κ2) is 7.72. The van der Waals surface area contributed by atoms with Crippen molar-refractivity contribution in [3.63, 3.8) is 0 Å². The van der Waals surface area contributed by atoms with E-state index in [2.05, 4.69) is 0 Å². The molecule has 3 aromatic rings. The monoisotopic (exact) mass is 446 g/mol. The molecule has 0 spiro atoms. The van der Waals surface area contributed by atoms with Crippen LogP contribution in [-0.2, 0) is 9.47 Å². The zero-order chi connectivity index (χ0) is 22.5. The summed E-state index contributed by atoms with van der Waals surface area (Å²) in [5, 5.41) is 23.0. The minimum Gasteiger partial charge on any atom is -0.479 e. The molecule has 1 N–H and O–H groups in total. The zero-order valence-electron chi connectivity index (χ0n) is 17.4. The number of benzene rings is 2. The Kier molecular flexibility index (Phi) is 5.34. The highest BCUT2D eigenvalue weighted by Crippen LogP contribution is 2.46. The lowest BCUT2D eigenvalue weighted by molar-refractivity contribution is -0.385. The quantitative estimate of drug-likeness (QED) is 0.272. The SMILES string of the molecule is COC(OC)[C@]1(C)Oc2ccc([N+](=O)[O-])cc2[C@H](n2c(=S)oc3cccc(C)c32)[C@H]1O. The van der Waals surface area contributed by atoms with Crippen molar-refractivity contribution in [3.05, 3.63) is 62.5 Å². The molecule has 0 amide bonds. The van der Waals surface area contributed by atoms with Crippen molar-refractivity contribution >= 4 is 29.0 Å². The number of oxazole rings is 1. The number of aryl methyl sites for hydroxylation is 1. The third-order valence-corrected chi connectivity index (χ3v) is 6.03. The summed E-state index contributed by atoms with van der Waals surface area (Å²) in [7, 11) is 2.89. The number of rotatable bonds is 5. The number of aromatic nitrogens is 1. The van der Waals surface area contributed by atoms with Crippen molar-refractivity contribution in [1.82, 2.24) is 4.57 Å². The first kappa shape index (κ1) is 21.4. The number of para-hydroxylation sites is 1.